The summed E-state index contributed by atoms with van der Waals surface area (Å²) >= 11 is 0.428. The van der Waals surface area contributed by atoms with E-state index < -0.39 is 32.2 Å². The van der Waals surface area contributed by atoms with Crippen molar-refractivity contribution >= 4 is 44.3 Å². The van der Waals surface area contributed by atoms with Crippen LogP contribution >= 0.6 is 12.0 Å². The van der Waals surface area contributed by atoms with Crippen molar-refractivity contribution < 1.29 is 37.8 Å². The van der Waals surface area contributed by atoms with E-state index in [0.717, 1.165) is 6.07 Å². The summed E-state index contributed by atoms with van der Waals surface area (Å²) in [6.45, 7) is 0. The quantitative estimate of drug-likeness (QED) is 0.184. The van der Waals surface area contributed by atoms with Gasteiger partial charge >= 0.3 is 0 Å². The molecule has 0 spiro atoms. The summed E-state index contributed by atoms with van der Waals surface area (Å²) in [6, 6.07) is 2.22. The number of phenols is 2. The molecule has 2 aromatic rings. The minimum absolute atomic E-state index is 0.0122. The molecule has 0 aliphatic carbocycles. The molecule has 14 heteroatoms. The highest BCUT2D eigenvalue weighted by Crippen LogP contribution is 2.50. The second kappa shape index (κ2) is 7.90. The molecule has 26 heavy (non-hydrogen) atoms. The van der Waals surface area contributed by atoms with Gasteiger partial charge in [0, 0.05) is 14.1 Å². The molecular formula is C12H12N4O8S2. The first-order valence-electron chi connectivity index (χ1n) is 6.53. The fourth-order valence-corrected chi connectivity index (χ4v) is 3.32. The van der Waals surface area contributed by atoms with Crippen LogP contribution in [0.2, 0.25) is 0 Å². The monoisotopic (exact) mass is 404 g/mol. The Morgan fingerprint density at radius 2 is 1.62 bits per heavy atom. The first-order valence-corrected chi connectivity index (χ1v) is 8.72. The van der Waals surface area contributed by atoms with E-state index in [0.29, 0.717) is 12.0 Å². The lowest BCUT2D eigenvalue weighted by Gasteiger charge is -2.13. The lowest BCUT2D eigenvalue weighted by Crippen LogP contribution is -1.99. The van der Waals surface area contributed by atoms with Crippen LogP contribution in [-0.2, 0) is 19.5 Å². The lowest BCUT2D eigenvalue weighted by molar-refractivity contribution is -0.432. The number of rotatable bonds is 6. The summed E-state index contributed by atoms with van der Waals surface area (Å²) in [6.07, 6.45) is 0. The molecule has 0 saturated heterocycles. The van der Waals surface area contributed by atoms with E-state index in [1.165, 1.54) is 20.2 Å². The lowest BCUT2D eigenvalue weighted by atomic mass is 10.1. The molecule has 0 saturated carbocycles. The van der Waals surface area contributed by atoms with E-state index in [9.17, 15) is 23.2 Å². The predicted molar refractivity (Wildman–Crippen MR) is 88.6 cm³/mol. The van der Waals surface area contributed by atoms with Crippen LogP contribution in [0.4, 0.5) is 11.4 Å². The van der Waals surface area contributed by atoms with Gasteiger partial charge in [-0.3, -0.25) is 4.55 Å². The Balaban J connectivity index is 2.98. The van der Waals surface area contributed by atoms with Gasteiger partial charge in [-0.1, -0.05) is 5.04 Å². The van der Waals surface area contributed by atoms with Crippen LogP contribution in [-0.4, -0.2) is 42.5 Å². The maximum atomic E-state index is 11.6. The van der Waals surface area contributed by atoms with E-state index in [4.69, 9.17) is 5.26 Å². The zero-order valence-corrected chi connectivity index (χ0v) is 14.8. The fraction of sp³-hybridized carbons (Fsp3) is 0.167. The highest BCUT2D eigenvalue weighted by Gasteiger charge is 2.26. The molecule has 12 nitrogen and oxygen atoms in total. The maximum absolute atomic E-state index is 11.6. The average molecular weight is 404 g/mol. The first kappa shape index (κ1) is 20.0. The minimum Gasteiger partial charge on any atom is -0.505 e. The number of aromatic hydroxyl groups is 2. The topological polar surface area (TPSA) is 183 Å². The average Bonchev–Trinajstić information content (AvgIpc) is 2.57. The van der Waals surface area contributed by atoms with Crippen molar-refractivity contribution in [2.24, 2.45) is 20.5 Å². The van der Waals surface area contributed by atoms with Crippen LogP contribution in [0.1, 0.15) is 0 Å². The van der Waals surface area contributed by atoms with E-state index in [1.54, 1.807) is 0 Å². The predicted octanol–water partition coefficient (Wildman–Crippen LogP) is 3.35. The summed E-state index contributed by atoms with van der Waals surface area (Å²) in [5.41, 5.74) is -0.719. The summed E-state index contributed by atoms with van der Waals surface area (Å²) < 4.78 is 36.9. The molecule has 0 atom stereocenters. The number of hydrogen-bond donors (Lipinski definition) is 4. The normalized spacial score (nSPS) is 12.6. The van der Waals surface area contributed by atoms with Gasteiger partial charge in [-0.15, -0.1) is 4.33 Å². The Labute approximate surface area is 150 Å². The van der Waals surface area contributed by atoms with Crippen LogP contribution in [0.5, 0.6) is 11.5 Å². The van der Waals surface area contributed by atoms with Crippen LogP contribution in [0.3, 0.4) is 0 Å². The van der Waals surface area contributed by atoms with Gasteiger partial charge < -0.3 is 10.2 Å². The minimum atomic E-state index is -4.77. The molecule has 0 unspecified atom stereocenters. The van der Waals surface area contributed by atoms with Crippen molar-refractivity contribution in [2.75, 3.05) is 14.1 Å². The number of hydrogen-bond acceptors (Lipinski definition) is 12. The second-order valence-corrected chi connectivity index (χ2v) is 6.68. The van der Waals surface area contributed by atoms with Crippen molar-refractivity contribution in [2.45, 2.75) is 9.79 Å². The Morgan fingerprint density at radius 3 is 2.15 bits per heavy atom. The summed E-state index contributed by atoms with van der Waals surface area (Å²) in [7, 11) is -2.23. The smallest absolute Gasteiger partial charge is 0.296 e. The third kappa shape index (κ3) is 3.74. The van der Waals surface area contributed by atoms with Crippen molar-refractivity contribution in [1.29, 1.82) is 0 Å². The molecule has 140 valence electrons. The summed E-state index contributed by atoms with van der Waals surface area (Å²) in [5.74, 6) is -1.33. The highest BCUT2D eigenvalue weighted by atomic mass is 32.2. The second-order valence-electron chi connectivity index (χ2n) is 4.54. The third-order valence-electron chi connectivity index (χ3n) is 3.08. The van der Waals surface area contributed by atoms with Crippen LogP contribution < -0.4 is 0 Å². The van der Waals surface area contributed by atoms with Gasteiger partial charge in [-0.2, -0.15) is 28.9 Å². The molecule has 0 fully saturated rings. The molecule has 0 radical (unpaired) electrons. The Bertz CT molecular complexity index is 1010. The van der Waals surface area contributed by atoms with Crippen LogP contribution in [0.25, 0.3) is 10.8 Å². The molecule has 2 rings (SSSR count). The molecule has 0 aromatic heterocycles. The van der Waals surface area contributed by atoms with Gasteiger partial charge in [0.2, 0.25) is 0 Å². The zero-order chi connectivity index (χ0) is 19.5. The fourth-order valence-electron chi connectivity index (χ4n) is 2.17. The number of azo groups is 2. The van der Waals surface area contributed by atoms with E-state index in [-0.39, 0.29) is 21.4 Å². The molecule has 0 bridgehead atoms. The molecule has 0 amide bonds. The molecule has 0 aliphatic rings. The van der Waals surface area contributed by atoms with Gasteiger partial charge in [-0.05, 0) is 17.5 Å². The van der Waals surface area contributed by atoms with Gasteiger partial charge in [0.25, 0.3) is 10.1 Å². The molecule has 0 aliphatic heterocycles. The van der Waals surface area contributed by atoms with Crippen LogP contribution in [0.15, 0.2) is 42.4 Å². The SMILES string of the molecule is CN=Nc1c(SOOO)cc2cc(S(=O)(=O)O)c(N=NC)c(O)c2c1O. The Kier molecular flexibility index (Phi) is 6.06. The molecule has 2 aromatic carbocycles. The third-order valence-corrected chi connectivity index (χ3v) is 4.57. The van der Waals surface area contributed by atoms with Gasteiger partial charge in [0.15, 0.2) is 11.5 Å². The van der Waals surface area contributed by atoms with Crippen molar-refractivity contribution in [3.05, 3.63) is 12.1 Å². The largest absolute Gasteiger partial charge is 0.505 e. The highest BCUT2D eigenvalue weighted by molar-refractivity contribution is 7.94. The standard InChI is InChI=1S/C12H12N4O8S2/c1-13-15-9-6(25-24-23-19)3-5-4-7(26(20,21)22)10(16-14-2)12(18)8(5)11(9)17/h3-4,17-19H,1-2H3,(H,20,21,22). The number of fused-ring (bicyclic) bond motifs is 1. The van der Waals surface area contributed by atoms with E-state index in [1.807, 2.05) is 0 Å². The van der Waals surface area contributed by atoms with E-state index >= 15 is 0 Å². The van der Waals surface area contributed by atoms with Crippen LogP contribution in [0, 0.1) is 0 Å². The van der Waals surface area contributed by atoms with Crippen molar-refractivity contribution in [3.63, 3.8) is 0 Å². The number of phenolic OH excluding ortho intramolecular Hbond substituents is 2. The Morgan fingerprint density at radius 1 is 1.04 bits per heavy atom. The Hall–Kier alpha value is -2.36. The van der Waals surface area contributed by atoms with Crippen molar-refractivity contribution in [1.82, 2.24) is 0 Å². The summed E-state index contributed by atoms with van der Waals surface area (Å²) in [4.78, 5) is -0.673. The number of benzene rings is 2. The molecular weight excluding hydrogens is 392 g/mol. The van der Waals surface area contributed by atoms with Gasteiger partial charge in [0.05, 0.1) is 22.3 Å². The van der Waals surface area contributed by atoms with Crippen molar-refractivity contribution in [3.8, 4) is 11.5 Å². The molecule has 0 heterocycles. The molecule has 4 N–H and O–H groups in total. The maximum Gasteiger partial charge on any atom is 0.296 e. The van der Waals surface area contributed by atoms with E-state index in [2.05, 4.69) is 29.8 Å². The first-order chi connectivity index (χ1) is 12.3. The van der Waals surface area contributed by atoms with Gasteiger partial charge in [-0.25, -0.2) is 5.26 Å². The summed E-state index contributed by atoms with van der Waals surface area (Å²) in [5, 5.41) is 46.5. The zero-order valence-electron chi connectivity index (χ0n) is 13.2. The van der Waals surface area contributed by atoms with Gasteiger partial charge in [0.1, 0.15) is 16.3 Å². The number of nitrogens with zero attached hydrogens (tertiary/aromatic N) is 4.